The van der Waals surface area contributed by atoms with Crippen molar-refractivity contribution in [2.75, 3.05) is 13.1 Å². The Morgan fingerprint density at radius 3 is 2.11 bits per heavy atom. The van der Waals surface area contributed by atoms with Crippen LogP contribution in [0.25, 0.3) is 0 Å². The number of nitrogens with one attached hydrogen (secondary N) is 1. The fourth-order valence-corrected chi connectivity index (χ4v) is 4.47. The molecule has 0 bridgehead atoms. The van der Waals surface area contributed by atoms with E-state index < -0.39 is 21.8 Å². The molecule has 0 atom stereocenters. The van der Waals surface area contributed by atoms with Crippen molar-refractivity contribution in [2.45, 2.75) is 36.5 Å². The second-order valence-corrected chi connectivity index (χ2v) is 8.39. The number of rotatable bonds is 5. The van der Waals surface area contributed by atoms with E-state index in [1.54, 1.807) is 0 Å². The number of hydrogen-bond acceptors (Lipinski definition) is 3. The molecule has 1 N–H and O–H groups in total. The van der Waals surface area contributed by atoms with E-state index in [1.807, 2.05) is 18.2 Å². The van der Waals surface area contributed by atoms with E-state index in [0.717, 1.165) is 43.9 Å². The smallest absolute Gasteiger partial charge is 0.299 e. The van der Waals surface area contributed by atoms with Gasteiger partial charge in [-0.15, -0.1) is 0 Å². The van der Waals surface area contributed by atoms with Gasteiger partial charge in [-0.25, -0.2) is 13.1 Å². The molecule has 0 radical (unpaired) electrons. The first kappa shape index (κ1) is 19.9. The lowest BCUT2D eigenvalue weighted by molar-refractivity contribution is -0.137. The van der Waals surface area contributed by atoms with Crippen LogP contribution in [-0.2, 0) is 22.7 Å². The van der Waals surface area contributed by atoms with Gasteiger partial charge in [-0.1, -0.05) is 30.3 Å². The number of nitrogens with zero attached hydrogens (tertiary/aromatic N) is 1. The van der Waals surface area contributed by atoms with Crippen LogP contribution in [0, 0.1) is 0 Å². The van der Waals surface area contributed by atoms with Crippen molar-refractivity contribution in [3.8, 4) is 0 Å². The van der Waals surface area contributed by atoms with E-state index in [-0.39, 0.29) is 10.9 Å². The normalized spacial score (nSPS) is 17.1. The Morgan fingerprint density at radius 2 is 1.56 bits per heavy atom. The van der Waals surface area contributed by atoms with Crippen molar-refractivity contribution in [3.05, 3.63) is 65.7 Å². The van der Waals surface area contributed by atoms with Gasteiger partial charge in [0, 0.05) is 25.7 Å². The lowest BCUT2D eigenvalue weighted by Crippen LogP contribution is -2.44. The lowest BCUT2D eigenvalue weighted by Gasteiger charge is -2.32. The quantitative estimate of drug-likeness (QED) is 0.837. The summed E-state index contributed by atoms with van der Waals surface area (Å²) in [6.07, 6.45) is -3.17. The third-order valence-corrected chi connectivity index (χ3v) is 6.19. The van der Waals surface area contributed by atoms with Crippen LogP contribution < -0.4 is 4.72 Å². The predicted molar refractivity (Wildman–Crippen MR) is 96.5 cm³/mol. The van der Waals surface area contributed by atoms with E-state index >= 15 is 0 Å². The van der Waals surface area contributed by atoms with Crippen LogP contribution in [0.2, 0.25) is 0 Å². The minimum Gasteiger partial charge on any atom is -0.299 e. The van der Waals surface area contributed by atoms with Crippen molar-refractivity contribution in [1.82, 2.24) is 9.62 Å². The molecule has 4 nitrogen and oxygen atoms in total. The molecule has 1 fully saturated rings. The monoisotopic (exact) mass is 398 g/mol. The summed E-state index contributed by atoms with van der Waals surface area (Å²) in [4.78, 5) is 2.11. The molecule has 0 amide bonds. The van der Waals surface area contributed by atoms with Crippen LogP contribution in [0.1, 0.15) is 24.0 Å². The van der Waals surface area contributed by atoms with Gasteiger partial charge < -0.3 is 0 Å². The highest BCUT2D eigenvalue weighted by Gasteiger charge is 2.31. The third kappa shape index (κ3) is 5.31. The molecule has 1 saturated heterocycles. The number of piperidine rings is 1. The maximum absolute atomic E-state index is 12.6. The van der Waals surface area contributed by atoms with Crippen LogP contribution in [0.4, 0.5) is 13.2 Å². The summed E-state index contributed by atoms with van der Waals surface area (Å²) in [5, 5.41) is 0. The fourth-order valence-electron chi connectivity index (χ4n) is 3.16. The van der Waals surface area contributed by atoms with Crippen molar-refractivity contribution >= 4 is 10.0 Å². The molecule has 0 aliphatic carbocycles. The summed E-state index contributed by atoms with van der Waals surface area (Å²) in [7, 11) is -3.83. The number of hydrogen-bond donors (Lipinski definition) is 1. The summed E-state index contributed by atoms with van der Waals surface area (Å²) in [6.45, 7) is 2.34. The molecule has 27 heavy (non-hydrogen) atoms. The molecule has 0 aromatic heterocycles. The first-order valence-electron chi connectivity index (χ1n) is 8.70. The van der Waals surface area contributed by atoms with Crippen molar-refractivity contribution in [2.24, 2.45) is 0 Å². The Labute approximate surface area is 157 Å². The Kier molecular flexibility index (Phi) is 5.88. The molecule has 3 rings (SSSR count). The standard InChI is InChI=1S/C19H21F3N2O2S/c20-19(21,22)16-6-8-18(9-7-16)27(25,26)23-17-10-12-24(13-11-17)14-15-4-2-1-3-5-15/h1-9,17,23H,10-14H2. The summed E-state index contributed by atoms with van der Waals surface area (Å²) >= 11 is 0. The zero-order valence-electron chi connectivity index (χ0n) is 14.6. The average Bonchev–Trinajstić information content (AvgIpc) is 2.63. The molecule has 146 valence electrons. The van der Waals surface area contributed by atoms with Gasteiger partial charge in [-0.2, -0.15) is 13.2 Å². The van der Waals surface area contributed by atoms with E-state index in [1.165, 1.54) is 5.56 Å². The van der Waals surface area contributed by atoms with Gasteiger partial charge in [0.1, 0.15) is 0 Å². The highest BCUT2D eigenvalue weighted by atomic mass is 32.2. The largest absolute Gasteiger partial charge is 0.416 e. The second-order valence-electron chi connectivity index (χ2n) is 6.68. The molecule has 0 spiro atoms. The predicted octanol–water partition coefficient (Wildman–Crippen LogP) is 3.65. The topological polar surface area (TPSA) is 49.4 Å². The van der Waals surface area contributed by atoms with Crippen LogP contribution in [0.3, 0.4) is 0 Å². The van der Waals surface area contributed by atoms with Gasteiger partial charge in [0.25, 0.3) is 0 Å². The van der Waals surface area contributed by atoms with Gasteiger partial charge >= 0.3 is 6.18 Å². The molecular weight excluding hydrogens is 377 g/mol. The zero-order valence-corrected chi connectivity index (χ0v) is 15.4. The SMILES string of the molecule is O=S(=O)(NC1CCN(Cc2ccccc2)CC1)c1ccc(C(F)(F)F)cc1. The van der Waals surface area contributed by atoms with Crippen LogP contribution in [0.15, 0.2) is 59.5 Å². The van der Waals surface area contributed by atoms with E-state index in [4.69, 9.17) is 0 Å². The molecule has 1 heterocycles. The summed E-state index contributed by atoms with van der Waals surface area (Å²) in [5.41, 5.74) is 0.344. The van der Waals surface area contributed by atoms with Crippen molar-refractivity contribution in [1.29, 1.82) is 0 Å². The summed E-state index contributed by atoms with van der Waals surface area (Å²) < 4.78 is 65.3. The Morgan fingerprint density at radius 1 is 0.963 bits per heavy atom. The highest BCUT2D eigenvalue weighted by molar-refractivity contribution is 7.89. The fraction of sp³-hybridized carbons (Fsp3) is 0.368. The average molecular weight is 398 g/mol. The minimum atomic E-state index is -4.48. The number of likely N-dealkylation sites (tertiary alicyclic amines) is 1. The Balaban J connectivity index is 1.56. The number of sulfonamides is 1. The Bertz CT molecular complexity index is 845. The number of benzene rings is 2. The maximum Gasteiger partial charge on any atom is 0.416 e. The second kappa shape index (κ2) is 8.00. The van der Waals surface area contributed by atoms with Gasteiger partial charge in [0.2, 0.25) is 10.0 Å². The highest BCUT2D eigenvalue weighted by Crippen LogP contribution is 2.29. The number of alkyl halides is 3. The van der Waals surface area contributed by atoms with Gasteiger partial charge in [0.15, 0.2) is 0 Å². The molecule has 2 aromatic rings. The van der Waals surface area contributed by atoms with Gasteiger partial charge in [-0.05, 0) is 42.7 Å². The lowest BCUT2D eigenvalue weighted by atomic mass is 10.1. The van der Waals surface area contributed by atoms with Crippen LogP contribution >= 0.6 is 0 Å². The summed E-state index contributed by atoms with van der Waals surface area (Å²) in [6, 6.07) is 13.4. The van der Waals surface area contributed by atoms with E-state index in [2.05, 4.69) is 21.8 Å². The molecule has 2 aromatic carbocycles. The van der Waals surface area contributed by atoms with Crippen LogP contribution in [0.5, 0.6) is 0 Å². The first-order valence-corrected chi connectivity index (χ1v) is 10.2. The summed E-state index contributed by atoms with van der Waals surface area (Å²) in [5.74, 6) is 0. The first-order chi connectivity index (χ1) is 12.7. The maximum atomic E-state index is 12.6. The van der Waals surface area contributed by atoms with Gasteiger partial charge in [0.05, 0.1) is 10.5 Å². The van der Waals surface area contributed by atoms with E-state index in [0.29, 0.717) is 12.8 Å². The number of halogens is 3. The molecule has 1 aliphatic rings. The molecular formula is C19H21F3N2O2S. The Hall–Kier alpha value is -1.90. The molecule has 8 heteroatoms. The zero-order chi connectivity index (χ0) is 19.5. The minimum absolute atomic E-state index is 0.151. The van der Waals surface area contributed by atoms with Crippen LogP contribution in [-0.4, -0.2) is 32.4 Å². The molecule has 0 unspecified atom stereocenters. The molecule has 1 aliphatic heterocycles. The van der Waals surface area contributed by atoms with E-state index in [9.17, 15) is 21.6 Å². The molecule has 0 saturated carbocycles. The third-order valence-electron chi connectivity index (χ3n) is 4.65. The van der Waals surface area contributed by atoms with Crippen molar-refractivity contribution in [3.63, 3.8) is 0 Å². The van der Waals surface area contributed by atoms with Crippen molar-refractivity contribution < 1.29 is 21.6 Å². The van der Waals surface area contributed by atoms with Gasteiger partial charge in [-0.3, -0.25) is 4.90 Å².